The Kier molecular flexibility index (Phi) is 5.60. The number of methoxy groups -OCH3 is 2. The molecule has 0 fully saturated rings. The topological polar surface area (TPSA) is 101 Å². The number of aryl methyl sites for hydroxylation is 1. The van der Waals surface area contributed by atoms with Crippen molar-refractivity contribution in [1.29, 1.82) is 0 Å². The van der Waals surface area contributed by atoms with Gasteiger partial charge in [0.25, 0.3) is 11.6 Å². The number of rotatable bonds is 6. The Hall–Kier alpha value is -3.39. The third kappa shape index (κ3) is 3.96. The van der Waals surface area contributed by atoms with Crippen LogP contribution in [0.2, 0.25) is 0 Å². The molecular formula is C19H16ClN3O5. The molecule has 0 amide bonds. The van der Waals surface area contributed by atoms with Crippen molar-refractivity contribution in [2.24, 2.45) is 0 Å². The largest absolute Gasteiger partial charge is 0.497 e. The number of benzene rings is 2. The lowest BCUT2D eigenvalue weighted by atomic mass is 10.1. The number of hydrogen-bond donors (Lipinski definition) is 0. The SMILES string of the molecule is COc1ccc(-c2noc(/C(Cl)=C/c3ccc(C)c([N+](=O)[O-])c3)n2)c(OC)c1. The quantitative estimate of drug-likeness (QED) is 0.435. The van der Waals surface area contributed by atoms with E-state index in [1.165, 1.54) is 19.3 Å². The first-order valence-corrected chi connectivity index (χ1v) is 8.49. The fraction of sp³-hybridized carbons (Fsp3) is 0.158. The predicted octanol–water partition coefficient (Wildman–Crippen LogP) is 4.71. The van der Waals surface area contributed by atoms with E-state index in [0.29, 0.717) is 28.2 Å². The Morgan fingerprint density at radius 3 is 2.68 bits per heavy atom. The Bertz CT molecular complexity index is 1060. The van der Waals surface area contributed by atoms with Gasteiger partial charge in [-0.05, 0) is 30.7 Å². The second-order valence-corrected chi connectivity index (χ2v) is 6.19. The molecule has 0 N–H and O–H groups in total. The molecule has 0 radical (unpaired) electrons. The number of nitro groups is 1. The minimum atomic E-state index is -0.443. The molecule has 0 saturated heterocycles. The average Bonchev–Trinajstić information content (AvgIpc) is 3.18. The maximum Gasteiger partial charge on any atom is 0.272 e. The van der Waals surface area contributed by atoms with Gasteiger partial charge in [0.05, 0.1) is 24.7 Å². The maximum absolute atomic E-state index is 11.1. The summed E-state index contributed by atoms with van der Waals surface area (Å²) in [6, 6.07) is 9.99. The monoisotopic (exact) mass is 401 g/mol. The molecule has 3 aromatic rings. The van der Waals surface area contributed by atoms with Crippen LogP contribution >= 0.6 is 11.6 Å². The molecule has 28 heavy (non-hydrogen) atoms. The summed E-state index contributed by atoms with van der Waals surface area (Å²) in [6.45, 7) is 1.67. The van der Waals surface area contributed by atoms with Crippen molar-refractivity contribution in [3.05, 3.63) is 63.5 Å². The van der Waals surface area contributed by atoms with Crippen molar-refractivity contribution < 1.29 is 18.9 Å². The van der Waals surface area contributed by atoms with Crippen LogP contribution in [0.4, 0.5) is 5.69 Å². The minimum Gasteiger partial charge on any atom is -0.497 e. The maximum atomic E-state index is 11.1. The highest BCUT2D eigenvalue weighted by atomic mass is 35.5. The zero-order valence-electron chi connectivity index (χ0n) is 15.3. The molecular weight excluding hydrogens is 386 g/mol. The first-order chi connectivity index (χ1) is 13.4. The van der Waals surface area contributed by atoms with Crippen LogP contribution in [0.1, 0.15) is 17.0 Å². The summed E-state index contributed by atoms with van der Waals surface area (Å²) in [5.74, 6) is 1.51. The molecule has 0 aliphatic heterocycles. The third-order valence-corrected chi connectivity index (χ3v) is 4.27. The number of aromatic nitrogens is 2. The van der Waals surface area contributed by atoms with E-state index in [4.69, 9.17) is 25.6 Å². The molecule has 0 aliphatic rings. The minimum absolute atomic E-state index is 0.00686. The first kappa shape index (κ1) is 19.4. The van der Waals surface area contributed by atoms with Gasteiger partial charge in [-0.25, -0.2) is 0 Å². The predicted molar refractivity (Wildman–Crippen MR) is 104 cm³/mol. The summed E-state index contributed by atoms with van der Waals surface area (Å²) in [7, 11) is 3.08. The molecule has 144 valence electrons. The van der Waals surface area contributed by atoms with Crippen molar-refractivity contribution in [1.82, 2.24) is 10.1 Å². The summed E-state index contributed by atoms with van der Waals surface area (Å²) in [6.07, 6.45) is 1.52. The van der Waals surface area contributed by atoms with Gasteiger partial charge in [-0.1, -0.05) is 28.9 Å². The molecule has 3 rings (SSSR count). The smallest absolute Gasteiger partial charge is 0.272 e. The van der Waals surface area contributed by atoms with Gasteiger partial charge >= 0.3 is 0 Å². The van der Waals surface area contributed by atoms with Crippen LogP contribution < -0.4 is 9.47 Å². The Morgan fingerprint density at radius 2 is 2.00 bits per heavy atom. The van der Waals surface area contributed by atoms with Gasteiger partial charge in [-0.2, -0.15) is 4.98 Å². The summed E-state index contributed by atoms with van der Waals surface area (Å²) in [4.78, 5) is 14.9. The van der Waals surface area contributed by atoms with Gasteiger partial charge < -0.3 is 14.0 Å². The number of nitro benzene ring substituents is 1. The molecule has 9 heteroatoms. The normalized spacial score (nSPS) is 11.4. The lowest BCUT2D eigenvalue weighted by molar-refractivity contribution is -0.385. The van der Waals surface area contributed by atoms with Crippen LogP contribution in [0.3, 0.4) is 0 Å². The van der Waals surface area contributed by atoms with Crippen LogP contribution in [0, 0.1) is 17.0 Å². The van der Waals surface area contributed by atoms with Crippen LogP contribution in [0.5, 0.6) is 11.5 Å². The molecule has 8 nitrogen and oxygen atoms in total. The van der Waals surface area contributed by atoms with E-state index in [-0.39, 0.29) is 22.4 Å². The van der Waals surface area contributed by atoms with E-state index in [1.807, 2.05) is 0 Å². The van der Waals surface area contributed by atoms with E-state index in [1.54, 1.807) is 44.4 Å². The second kappa shape index (κ2) is 8.10. The standard InChI is InChI=1S/C19H16ClN3O5/c1-11-4-5-12(9-16(11)23(24)25)8-15(20)19-21-18(22-28-19)14-7-6-13(26-2)10-17(14)27-3/h4-10H,1-3H3/b15-8-. The van der Waals surface area contributed by atoms with E-state index in [2.05, 4.69) is 10.1 Å². The zero-order chi connectivity index (χ0) is 20.3. The molecule has 0 aliphatic carbocycles. The van der Waals surface area contributed by atoms with Crippen molar-refractivity contribution in [3.63, 3.8) is 0 Å². The molecule has 0 spiro atoms. The molecule has 0 atom stereocenters. The third-order valence-electron chi connectivity index (χ3n) is 4.00. The highest BCUT2D eigenvalue weighted by Crippen LogP contribution is 2.33. The fourth-order valence-corrected chi connectivity index (χ4v) is 2.74. The van der Waals surface area contributed by atoms with E-state index in [9.17, 15) is 10.1 Å². The number of halogens is 1. The van der Waals surface area contributed by atoms with Crippen LogP contribution in [0.25, 0.3) is 22.5 Å². The van der Waals surface area contributed by atoms with Gasteiger partial charge in [-0.3, -0.25) is 10.1 Å². The Labute approximate surface area is 165 Å². The molecule has 0 unspecified atom stereocenters. The highest BCUT2D eigenvalue weighted by molar-refractivity contribution is 6.50. The Balaban J connectivity index is 1.93. The summed E-state index contributed by atoms with van der Waals surface area (Å²) < 4.78 is 15.7. The van der Waals surface area contributed by atoms with Crippen LogP contribution in [0.15, 0.2) is 40.9 Å². The van der Waals surface area contributed by atoms with E-state index < -0.39 is 4.92 Å². The van der Waals surface area contributed by atoms with Crippen molar-refractivity contribution >= 4 is 28.4 Å². The van der Waals surface area contributed by atoms with Crippen molar-refractivity contribution in [2.75, 3.05) is 14.2 Å². The zero-order valence-corrected chi connectivity index (χ0v) is 16.1. The Morgan fingerprint density at radius 1 is 1.21 bits per heavy atom. The molecule has 1 heterocycles. The van der Waals surface area contributed by atoms with Gasteiger partial charge in [0, 0.05) is 17.7 Å². The summed E-state index contributed by atoms with van der Waals surface area (Å²) >= 11 is 6.28. The van der Waals surface area contributed by atoms with Gasteiger partial charge in [0.1, 0.15) is 16.5 Å². The second-order valence-electron chi connectivity index (χ2n) is 5.78. The fourth-order valence-electron chi connectivity index (χ4n) is 2.53. The molecule has 2 aromatic carbocycles. The summed E-state index contributed by atoms with van der Waals surface area (Å²) in [5.41, 5.74) is 1.72. The van der Waals surface area contributed by atoms with Gasteiger partial charge in [0.15, 0.2) is 0 Å². The number of hydrogen-bond acceptors (Lipinski definition) is 7. The first-order valence-electron chi connectivity index (χ1n) is 8.11. The molecule has 0 saturated carbocycles. The van der Waals surface area contributed by atoms with Gasteiger partial charge in [0.2, 0.25) is 5.82 Å². The van der Waals surface area contributed by atoms with Crippen LogP contribution in [-0.4, -0.2) is 29.3 Å². The average molecular weight is 402 g/mol. The highest BCUT2D eigenvalue weighted by Gasteiger charge is 2.17. The van der Waals surface area contributed by atoms with Crippen molar-refractivity contribution in [3.8, 4) is 22.9 Å². The molecule has 1 aromatic heterocycles. The van der Waals surface area contributed by atoms with E-state index >= 15 is 0 Å². The number of nitrogens with zero attached hydrogens (tertiary/aromatic N) is 3. The van der Waals surface area contributed by atoms with Gasteiger partial charge in [-0.15, -0.1) is 0 Å². The molecule has 0 bridgehead atoms. The summed E-state index contributed by atoms with van der Waals surface area (Å²) in [5, 5.41) is 15.2. The number of ether oxygens (including phenoxy) is 2. The van der Waals surface area contributed by atoms with E-state index in [0.717, 1.165) is 0 Å². The van der Waals surface area contributed by atoms with Crippen LogP contribution in [-0.2, 0) is 0 Å². The van der Waals surface area contributed by atoms with Crippen molar-refractivity contribution in [2.45, 2.75) is 6.92 Å². The lowest BCUT2D eigenvalue weighted by Crippen LogP contribution is -1.92. The lowest BCUT2D eigenvalue weighted by Gasteiger charge is -2.07.